The van der Waals surface area contributed by atoms with E-state index in [1.54, 1.807) is 20.8 Å². The fraction of sp³-hybridized carbons (Fsp3) is 0.500. The van der Waals surface area contributed by atoms with Crippen LogP contribution in [-0.4, -0.2) is 43.5 Å². The summed E-state index contributed by atoms with van der Waals surface area (Å²) in [7, 11) is 0. The van der Waals surface area contributed by atoms with Crippen LogP contribution in [0.4, 0.5) is 11.1 Å². The number of rotatable bonds is 8. The van der Waals surface area contributed by atoms with Gasteiger partial charge in [-0.2, -0.15) is 5.26 Å². The first-order valence-electron chi connectivity index (χ1n) is 8.47. The average Bonchev–Trinajstić information content (AvgIpc) is 3.16. The molecule has 0 spiro atoms. The van der Waals surface area contributed by atoms with Crippen molar-refractivity contribution in [1.29, 1.82) is 5.26 Å². The van der Waals surface area contributed by atoms with Crippen LogP contribution in [0.15, 0.2) is 5.16 Å². The van der Waals surface area contributed by atoms with Gasteiger partial charge in [-0.15, -0.1) is 10.2 Å². The number of nitrogens with two attached hydrogens (primary N) is 1. The number of aryl methyl sites for hydroxylation is 1. The molecule has 0 aliphatic carbocycles. The molecule has 10 nitrogen and oxygen atoms in total. The highest BCUT2D eigenvalue weighted by Crippen LogP contribution is 2.28. The number of thioether (sulfide) groups is 1. The highest BCUT2D eigenvalue weighted by atomic mass is 32.2. The summed E-state index contributed by atoms with van der Waals surface area (Å²) in [5.74, 6) is -0.608. The molecule has 150 valence electrons. The van der Waals surface area contributed by atoms with Gasteiger partial charge in [-0.05, 0) is 27.2 Å². The number of thiazole rings is 1. The first-order valence-corrected chi connectivity index (χ1v) is 10.3. The van der Waals surface area contributed by atoms with Gasteiger partial charge in [0.05, 0.1) is 23.6 Å². The quantitative estimate of drug-likeness (QED) is 0.482. The number of hydrogen-bond donors (Lipinski definition) is 2. The Hall–Kier alpha value is -2.65. The van der Waals surface area contributed by atoms with E-state index < -0.39 is 12.0 Å². The predicted octanol–water partition coefficient (Wildman–Crippen LogP) is 2.40. The lowest BCUT2D eigenvalue weighted by Gasteiger charge is -2.17. The van der Waals surface area contributed by atoms with Crippen molar-refractivity contribution in [2.45, 2.75) is 51.4 Å². The Morgan fingerprint density at radius 3 is 2.75 bits per heavy atom. The molecule has 28 heavy (non-hydrogen) atoms. The number of nitrogens with one attached hydrogen (secondary N) is 1. The number of hydrogen-bond acceptors (Lipinski definition) is 10. The molecule has 0 bridgehead atoms. The third-order valence-electron chi connectivity index (χ3n) is 3.51. The molecule has 1 atom stereocenters. The van der Waals surface area contributed by atoms with Crippen molar-refractivity contribution in [1.82, 2.24) is 19.7 Å². The second-order valence-electron chi connectivity index (χ2n) is 5.96. The molecule has 2 aromatic heterocycles. The number of aromatic nitrogens is 4. The summed E-state index contributed by atoms with van der Waals surface area (Å²) >= 11 is 2.19. The summed E-state index contributed by atoms with van der Waals surface area (Å²) in [5.41, 5.74) is 6.35. The molecule has 2 aromatic rings. The summed E-state index contributed by atoms with van der Waals surface area (Å²) in [6.45, 7) is 7.01. The second-order valence-corrected chi connectivity index (χ2v) is 7.90. The number of anilines is 2. The number of nitrogen functional groups attached to an aromatic ring is 1. The number of esters is 1. The van der Waals surface area contributed by atoms with Gasteiger partial charge >= 0.3 is 5.97 Å². The van der Waals surface area contributed by atoms with E-state index in [0.29, 0.717) is 22.1 Å². The van der Waals surface area contributed by atoms with Crippen molar-refractivity contribution < 1.29 is 14.3 Å². The van der Waals surface area contributed by atoms with E-state index in [-0.39, 0.29) is 28.8 Å². The van der Waals surface area contributed by atoms with E-state index in [9.17, 15) is 9.59 Å². The van der Waals surface area contributed by atoms with Crippen LogP contribution in [0.1, 0.15) is 48.6 Å². The second kappa shape index (κ2) is 9.52. The zero-order chi connectivity index (χ0) is 20.8. The Balaban J connectivity index is 2.21. The highest BCUT2D eigenvalue weighted by Gasteiger charge is 2.26. The van der Waals surface area contributed by atoms with Crippen LogP contribution in [-0.2, 0) is 9.53 Å². The zero-order valence-electron chi connectivity index (χ0n) is 15.9. The molecular weight excluding hydrogens is 402 g/mol. The van der Waals surface area contributed by atoms with Crippen LogP contribution in [0.3, 0.4) is 0 Å². The van der Waals surface area contributed by atoms with Gasteiger partial charge in [0.15, 0.2) is 10.3 Å². The third kappa shape index (κ3) is 4.99. The SMILES string of the molecule is CCC(C(=O)Nc1nc(C)c(C(=O)OC(C)C)s1)n1c(N)nnc1SCC#N. The Morgan fingerprint density at radius 2 is 2.14 bits per heavy atom. The van der Waals surface area contributed by atoms with Gasteiger partial charge in [0, 0.05) is 0 Å². The first kappa shape index (κ1) is 21.6. The van der Waals surface area contributed by atoms with Gasteiger partial charge in [-0.3, -0.25) is 9.36 Å². The normalized spacial score (nSPS) is 11.9. The number of nitriles is 1. The Morgan fingerprint density at radius 1 is 1.43 bits per heavy atom. The van der Waals surface area contributed by atoms with Crippen LogP contribution in [0.5, 0.6) is 0 Å². The average molecular weight is 424 g/mol. The van der Waals surface area contributed by atoms with Crippen LogP contribution >= 0.6 is 23.1 Å². The Kier molecular flexibility index (Phi) is 7.36. The summed E-state index contributed by atoms with van der Waals surface area (Å²) in [5, 5.41) is 19.9. The Bertz CT molecular complexity index is 901. The van der Waals surface area contributed by atoms with Gasteiger partial charge in [0.1, 0.15) is 10.9 Å². The molecule has 1 unspecified atom stereocenters. The maximum atomic E-state index is 12.8. The van der Waals surface area contributed by atoms with Gasteiger partial charge in [0.25, 0.3) is 0 Å². The number of amides is 1. The largest absolute Gasteiger partial charge is 0.459 e. The lowest BCUT2D eigenvalue weighted by molar-refractivity contribution is -0.119. The molecule has 1 amide bonds. The zero-order valence-corrected chi connectivity index (χ0v) is 17.6. The predicted molar refractivity (Wildman–Crippen MR) is 106 cm³/mol. The number of carbonyl (C=O) groups is 2. The lowest BCUT2D eigenvalue weighted by atomic mass is 10.2. The molecule has 0 radical (unpaired) electrons. The van der Waals surface area contributed by atoms with E-state index >= 15 is 0 Å². The number of carbonyl (C=O) groups excluding carboxylic acids is 2. The minimum Gasteiger partial charge on any atom is -0.459 e. The maximum Gasteiger partial charge on any atom is 0.350 e. The molecule has 0 saturated carbocycles. The van der Waals surface area contributed by atoms with Crippen molar-refractivity contribution >= 4 is 46.1 Å². The van der Waals surface area contributed by atoms with E-state index in [4.69, 9.17) is 15.7 Å². The van der Waals surface area contributed by atoms with Crippen molar-refractivity contribution in [3.8, 4) is 6.07 Å². The fourth-order valence-electron chi connectivity index (χ4n) is 2.36. The van der Waals surface area contributed by atoms with Gasteiger partial charge in [-0.1, -0.05) is 30.0 Å². The van der Waals surface area contributed by atoms with Gasteiger partial charge in [0.2, 0.25) is 11.9 Å². The molecule has 2 rings (SSSR count). The lowest BCUT2D eigenvalue weighted by Crippen LogP contribution is -2.27. The van der Waals surface area contributed by atoms with Crippen LogP contribution in [0.25, 0.3) is 0 Å². The topological polar surface area (TPSA) is 149 Å². The van der Waals surface area contributed by atoms with Gasteiger partial charge in [-0.25, -0.2) is 9.78 Å². The minimum absolute atomic E-state index is 0.0824. The molecule has 0 aromatic carbocycles. The fourth-order valence-corrected chi connectivity index (χ4v) is 3.86. The first-order chi connectivity index (χ1) is 13.3. The van der Waals surface area contributed by atoms with Crippen LogP contribution < -0.4 is 11.1 Å². The molecule has 3 N–H and O–H groups in total. The smallest absolute Gasteiger partial charge is 0.350 e. The summed E-state index contributed by atoms with van der Waals surface area (Å²) in [4.78, 5) is 29.5. The van der Waals surface area contributed by atoms with Crippen LogP contribution in [0, 0.1) is 18.3 Å². The molecule has 12 heteroatoms. The van der Waals surface area contributed by atoms with Crippen LogP contribution in [0.2, 0.25) is 0 Å². The van der Waals surface area contributed by atoms with Gasteiger partial charge < -0.3 is 15.8 Å². The summed E-state index contributed by atoms with van der Waals surface area (Å²) in [6, 6.07) is 1.31. The van der Waals surface area contributed by atoms with Crippen molar-refractivity contribution in [3.05, 3.63) is 10.6 Å². The van der Waals surface area contributed by atoms with E-state index in [1.807, 2.05) is 13.0 Å². The molecule has 0 aliphatic rings. The number of ether oxygens (including phenoxy) is 1. The van der Waals surface area contributed by atoms with Crippen molar-refractivity contribution in [2.24, 2.45) is 0 Å². The number of nitrogens with zero attached hydrogens (tertiary/aromatic N) is 5. The monoisotopic (exact) mass is 423 g/mol. The molecule has 2 heterocycles. The van der Waals surface area contributed by atoms with E-state index in [1.165, 1.54) is 4.57 Å². The third-order valence-corrected chi connectivity index (χ3v) is 5.38. The van der Waals surface area contributed by atoms with Crippen molar-refractivity contribution in [3.63, 3.8) is 0 Å². The molecular formula is C16H21N7O3S2. The molecule has 0 saturated heterocycles. The van der Waals surface area contributed by atoms with E-state index in [2.05, 4.69) is 20.5 Å². The molecule has 0 fully saturated rings. The minimum atomic E-state index is -0.688. The van der Waals surface area contributed by atoms with Crippen molar-refractivity contribution in [2.75, 3.05) is 16.8 Å². The summed E-state index contributed by atoms with van der Waals surface area (Å²) < 4.78 is 6.68. The van der Waals surface area contributed by atoms with E-state index in [0.717, 1.165) is 23.1 Å². The highest BCUT2D eigenvalue weighted by molar-refractivity contribution is 7.99. The Labute approximate surface area is 170 Å². The summed E-state index contributed by atoms with van der Waals surface area (Å²) in [6.07, 6.45) is 0.165. The standard InChI is InChI=1S/C16H21N7O3S2/c1-5-10(23-14(18)21-22-16(23)27-7-6-17)12(24)20-15-19-9(4)11(28-15)13(25)26-8(2)3/h8,10H,5,7H2,1-4H3,(H2,18,21)(H,19,20,24). The molecule has 0 aliphatic heterocycles. The maximum absolute atomic E-state index is 12.8.